The van der Waals surface area contributed by atoms with Crippen LogP contribution in [0.25, 0.3) is 0 Å². The molecule has 0 saturated heterocycles. The Balaban J connectivity index is 0. The zero-order valence-electron chi connectivity index (χ0n) is 27.3. The van der Waals surface area contributed by atoms with Crippen LogP contribution in [-0.4, -0.2) is 61.8 Å². The first-order chi connectivity index (χ1) is 21.3. The Morgan fingerprint density at radius 1 is 0.591 bits per heavy atom. The van der Waals surface area contributed by atoms with E-state index in [0.717, 1.165) is 42.7 Å². The molecule has 1 aromatic carbocycles. The third-order valence-corrected chi connectivity index (χ3v) is 10.1. The van der Waals surface area contributed by atoms with Gasteiger partial charge in [0.15, 0.2) is 0 Å². The number of unbranched alkanes of at least 4 members (excludes halogenated alkanes) is 11. The normalized spacial score (nSPS) is 10.4. The van der Waals surface area contributed by atoms with E-state index in [1.54, 1.807) is 8.87 Å². The summed E-state index contributed by atoms with van der Waals surface area (Å²) >= 11 is 0.149. The van der Waals surface area contributed by atoms with Crippen LogP contribution in [0.3, 0.4) is 0 Å². The number of carbonyl (C=O) groups excluding carboxylic acids is 2. The standard InChI is InChI=1S/C16H28O4.C11H10O4.2C4H9.Sn/c1-2-3-4-5-6-7-8-9-10-11-14-20-16(19)13-12-15(17)18;12-10(13)6-7-11(14)15-8-9-4-2-1-3-5-9;2*1-3-4-2;/h12-13H,2-11,14H2,1H3,(H,17,18);1-7H,8H2,(H,12,13);2*1,3-4H2,2H3;. The van der Waals surface area contributed by atoms with Crippen molar-refractivity contribution < 1.29 is 38.9 Å². The van der Waals surface area contributed by atoms with Gasteiger partial charge in [-0.3, -0.25) is 0 Å². The second kappa shape index (κ2) is 34.9. The molecule has 0 aliphatic carbocycles. The summed E-state index contributed by atoms with van der Waals surface area (Å²) < 4.78 is 12.9. The Labute approximate surface area is 275 Å². The van der Waals surface area contributed by atoms with Crippen molar-refractivity contribution in [3.05, 3.63) is 60.2 Å². The van der Waals surface area contributed by atoms with Gasteiger partial charge in [-0.05, 0) is 12.0 Å². The first kappa shape index (κ1) is 43.5. The number of benzene rings is 1. The fourth-order valence-corrected chi connectivity index (χ4v) is 7.75. The van der Waals surface area contributed by atoms with Crippen molar-refractivity contribution in [3.8, 4) is 0 Å². The molecule has 8 nitrogen and oxygen atoms in total. The zero-order valence-corrected chi connectivity index (χ0v) is 30.1. The van der Waals surface area contributed by atoms with Crippen LogP contribution < -0.4 is 0 Å². The number of carbonyl (C=O) groups is 4. The van der Waals surface area contributed by atoms with Crippen LogP contribution in [-0.2, 0) is 35.3 Å². The number of ether oxygens (including phenoxy) is 2. The van der Waals surface area contributed by atoms with Crippen LogP contribution in [0.2, 0.25) is 8.87 Å². The van der Waals surface area contributed by atoms with E-state index in [2.05, 4.69) is 20.8 Å². The third kappa shape index (κ3) is 37.4. The fourth-order valence-electron chi connectivity index (χ4n) is 3.59. The number of hydrogen-bond acceptors (Lipinski definition) is 6. The van der Waals surface area contributed by atoms with E-state index in [0.29, 0.717) is 6.61 Å². The van der Waals surface area contributed by atoms with Crippen LogP contribution in [0.4, 0.5) is 0 Å². The molecular weight excluding hydrogens is 667 g/mol. The second-order valence-corrected chi connectivity index (χ2v) is 14.5. The SMILES string of the molecule is CCCCCCCCCCCCOC(=O)C=CC(=O)O.CCC[CH2][Sn][CH2]CCC.O=C(O)C=CC(=O)OCc1ccccc1. The van der Waals surface area contributed by atoms with Crippen molar-refractivity contribution in [3.63, 3.8) is 0 Å². The topological polar surface area (TPSA) is 127 Å². The molecule has 248 valence electrons. The van der Waals surface area contributed by atoms with Crippen molar-refractivity contribution in [2.24, 2.45) is 0 Å². The van der Waals surface area contributed by atoms with E-state index in [4.69, 9.17) is 19.7 Å². The summed E-state index contributed by atoms with van der Waals surface area (Å²) in [5.74, 6) is -3.56. The van der Waals surface area contributed by atoms with E-state index in [9.17, 15) is 19.2 Å². The fraction of sp³-hybridized carbons (Fsp3) is 0.600. The maximum Gasteiger partial charge on any atom is 0.331 e. The molecule has 0 bridgehead atoms. The summed E-state index contributed by atoms with van der Waals surface area (Å²) in [5, 5.41) is 16.6. The van der Waals surface area contributed by atoms with Crippen molar-refractivity contribution >= 4 is 45.0 Å². The Hall–Kier alpha value is -2.62. The molecule has 0 aliphatic rings. The van der Waals surface area contributed by atoms with E-state index in [-0.39, 0.29) is 27.7 Å². The van der Waals surface area contributed by atoms with Crippen LogP contribution in [0.1, 0.15) is 116 Å². The van der Waals surface area contributed by atoms with Gasteiger partial charge in [-0.25, -0.2) is 19.2 Å². The molecule has 0 fully saturated rings. The molecule has 0 aliphatic heterocycles. The Morgan fingerprint density at radius 2 is 1.02 bits per heavy atom. The van der Waals surface area contributed by atoms with Crippen LogP contribution in [0, 0.1) is 0 Å². The second-order valence-electron chi connectivity index (χ2n) is 10.2. The first-order valence-electron chi connectivity index (χ1n) is 16.2. The van der Waals surface area contributed by atoms with Gasteiger partial charge in [-0.15, -0.1) is 0 Å². The van der Waals surface area contributed by atoms with Gasteiger partial charge >= 0.3 is 93.4 Å². The van der Waals surface area contributed by atoms with Crippen molar-refractivity contribution in [2.75, 3.05) is 6.61 Å². The number of rotatable bonds is 23. The smallest absolute Gasteiger partial charge is 0.331 e. The molecule has 0 atom stereocenters. The van der Waals surface area contributed by atoms with Crippen molar-refractivity contribution in [2.45, 2.75) is 126 Å². The van der Waals surface area contributed by atoms with Crippen molar-refractivity contribution in [1.82, 2.24) is 0 Å². The summed E-state index contributed by atoms with van der Waals surface area (Å²) in [6.07, 6.45) is 21.5. The average molecular weight is 724 g/mol. The molecule has 9 heteroatoms. The van der Waals surface area contributed by atoms with Gasteiger partial charge in [0.05, 0.1) is 6.61 Å². The summed E-state index contributed by atoms with van der Waals surface area (Å²) in [6, 6.07) is 9.14. The molecule has 2 radical (unpaired) electrons. The van der Waals surface area contributed by atoms with Crippen LogP contribution in [0.5, 0.6) is 0 Å². The van der Waals surface area contributed by atoms with Crippen molar-refractivity contribution in [1.29, 1.82) is 0 Å². The molecule has 1 aromatic rings. The molecule has 0 heterocycles. The van der Waals surface area contributed by atoms with E-state index >= 15 is 0 Å². The van der Waals surface area contributed by atoms with Crippen LogP contribution >= 0.6 is 0 Å². The van der Waals surface area contributed by atoms with Gasteiger partial charge < -0.3 is 19.7 Å². The molecule has 0 aromatic heterocycles. The zero-order chi connectivity index (χ0) is 33.1. The Kier molecular flexibility index (Phi) is 34.5. The van der Waals surface area contributed by atoms with Gasteiger partial charge in [0.1, 0.15) is 6.61 Å². The number of esters is 2. The number of carboxylic acid groups (broad SMARTS) is 2. The van der Waals surface area contributed by atoms with Gasteiger partial charge in [0, 0.05) is 24.3 Å². The Morgan fingerprint density at radius 3 is 1.48 bits per heavy atom. The molecule has 0 spiro atoms. The molecule has 0 unspecified atom stereocenters. The predicted octanol–water partition coefficient (Wildman–Crippen LogP) is 8.59. The van der Waals surface area contributed by atoms with E-state index in [1.165, 1.54) is 77.0 Å². The summed E-state index contributed by atoms with van der Waals surface area (Å²) in [5.41, 5.74) is 0.856. The average Bonchev–Trinajstić information content (AvgIpc) is 3.01. The van der Waals surface area contributed by atoms with E-state index in [1.807, 2.05) is 30.3 Å². The molecule has 2 N–H and O–H groups in total. The minimum Gasteiger partial charge on any atom is -0.478 e. The molecular formula is C35H56O8Sn. The minimum absolute atomic E-state index is 0.142. The maximum absolute atomic E-state index is 11.0. The maximum atomic E-state index is 11.0. The molecule has 44 heavy (non-hydrogen) atoms. The number of carboxylic acids is 2. The predicted molar refractivity (Wildman–Crippen MR) is 178 cm³/mol. The summed E-state index contributed by atoms with van der Waals surface area (Å²) in [4.78, 5) is 42.2. The Bertz CT molecular complexity index is 893. The summed E-state index contributed by atoms with van der Waals surface area (Å²) in [7, 11) is 0. The number of hydrogen-bond donors (Lipinski definition) is 2. The van der Waals surface area contributed by atoms with Gasteiger partial charge in [0.2, 0.25) is 0 Å². The third-order valence-electron chi connectivity index (χ3n) is 6.10. The van der Waals surface area contributed by atoms with Gasteiger partial charge in [0.25, 0.3) is 0 Å². The largest absolute Gasteiger partial charge is 0.478 e. The molecule has 0 amide bonds. The number of aliphatic carboxylic acids is 2. The van der Waals surface area contributed by atoms with Gasteiger partial charge in [-0.1, -0.05) is 95.0 Å². The first-order valence-corrected chi connectivity index (χ1v) is 20.2. The van der Waals surface area contributed by atoms with E-state index < -0.39 is 23.9 Å². The minimum atomic E-state index is -1.17. The monoisotopic (exact) mass is 724 g/mol. The summed E-state index contributed by atoms with van der Waals surface area (Å²) in [6.45, 7) is 7.33. The van der Waals surface area contributed by atoms with Gasteiger partial charge in [-0.2, -0.15) is 0 Å². The molecule has 0 saturated carbocycles. The molecule has 1 rings (SSSR count). The van der Waals surface area contributed by atoms with Crippen LogP contribution in [0.15, 0.2) is 54.6 Å². The quantitative estimate of drug-likeness (QED) is 0.0498.